The van der Waals surface area contributed by atoms with Gasteiger partial charge in [-0.2, -0.15) is 0 Å². The van der Waals surface area contributed by atoms with Crippen molar-refractivity contribution < 1.29 is 14.3 Å². The lowest BCUT2D eigenvalue weighted by atomic mass is 9.87. The van der Waals surface area contributed by atoms with Gasteiger partial charge in [-0.05, 0) is 63.6 Å². The number of amides is 1. The van der Waals surface area contributed by atoms with Crippen molar-refractivity contribution >= 4 is 5.91 Å². The Hall–Kier alpha value is -1.71. The molecule has 1 aliphatic rings. The van der Waals surface area contributed by atoms with E-state index in [0.717, 1.165) is 18.8 Å². The Labute approximate surface area is 133 Å². The average molecular weight is 305 g/mol. The third-order valence-corrected chi connectivity index (χ3v) is 4.16. The zero-order chi connectivity index (χ0) is 15.9. The Morgan fingerprint density at radius 1 is 1.09 bits per heavy atom. The summed E-state index contributed by atoms with van der Waals surface area (Å²) in [6.07, 6.45) is 4.53. The SMILES string of the molecule is CCOc1ccc(C(=O)NC2CCC(C)CC2)cc1OCC. The minimum absolute atomic E-state index is 0.0245. The molecule has 4 nitrogen and oxygen atoms in total. The molecular formula is C18H27NO3. The summed E-state index contributed by atoms with van der Waals surface area (Å²) in [6, 6.07) is 5.68. The molecule has 0 bridgehead atoms. The fraction of sp³-hybridized carbons (Fsp3) is 0.611. The number of rotatable bonds is 6. The summed E-state index contributed by atoms with van der Waals surface area (Å²) in [7, 11) is 0. The first-order chi connectivity index (χ1) is 10.6. The van der Waals surface area contributed by atoms with E-state index in [4.69, 9.17) is 9.47 Å². The van der Waals surface area contributed by atoms with Crippen LogP contribution in [0.2, 0.25) is 0 Å². The second kappa shape index (κ2) is 8.06. The highest BCUT2D eigenvalue weighted by Crippen LogP contribution is 2.29. The van der Waals surface area contributed by atoms with Crippen LogP contribution >= 0.6 is 0 Å². The van der Waals surface area contributed by atoms with Crippen LogP contribution in [0.5, 0.6) is 11.5 Å². The molecule has 2 rings (SSSR count). The van der Waals surface area contributed by atoms with Gasteiger partial charge >= 0.3 is 0 Å². The molecule has 0 atom stereocenters. The Balaban J connectivity index is 2.04. The largest absolute Gasteiger partial charge is 0.490 e. The minimum Gasteiger partial charge on any atom is -0.490 e. The monoisotopic (exact) mass is 305 g/mol. The number of benzene rings is 1. The van der Waals surface area contributed by atoms with E-state index in [1.807, 2.05) is 19.9 Å². The van der Waals surface area contributed by atoms with Crippen molar-refractivity contribution in [2.45, 2.75) is 52.5 Å². The van der Waals surface area contributed by atoms with Crippen molar-refractivity contribution in [1.29, 1.82) is 0 Å². The maximum absolute atomic E-state index is 12.4. The zero-order valence-corrected chi connectivity index (χ0v) is 13.9. The molecule has 4 heteroatoms. The third-order valence-electron chi connectivity index (χ3n) is 4.16. The number of nitrogens with one attached hydrogen (secondary N) is 1. The molecule has 1 amide bonds. The lowest BCUT2D eigenvalue weighted by molar-refractivity contribution is 0.0922. The van der Waals surface area contributed by atoms with Crippen LogP contribution in [0.25, 0.3) is 0 Å². The molecule has 0 aliphatic heterocycles. The second-order valence-electron chi connectivity index (χ2n) is 5.96. The molecule has 1 aliphatic carbocycles. The smallest absolute Gasteiger partial charge is 0.251 e. The van der Waals surface area contributed by atoms with Crippen LogP contribution in [0, 0.1) is 5.92 Å². The highest BCUT2D eigenvalue weighted by Gasteiger charge is 2.21. The summed E-state index contributed by atoms with van der Waals surface area (Å²) in [5.74, 6) is 2.08. The zero-order valence-electron chi connectivity index (χ0n) is 13.9. The van der Waals surface area contributed by atoms with Crippen LogP contribution in [0.15, 0.2) is 18.2 Å². The quantitative estimate of drug-likeness (QED) is 0.869. The Morgan fingerprint density at radius 3 is 2.36 bits per heavy atom. The maximum Gasteiger partial charge on any atom is 0.251 e. The van der Waals surface area contributed by atoms with E-state index in [1.54, 1.807) is 12.1 Å². The van der Waals surface area contributed by atoms with Crippen LogP contribution in [0.3, 0.4) is 0 Å². The molecular weight excluding hydrogens is 278 g/mol. The van der Waals surface area contributed by atoms with Crippen LogP contribution in [-0.4, -0.2) is 25.2 Å². The number of hydrogen-bond donors (Lipinski definition) is 1. The predicted molar refractivity (Wildman–Crippen MR) is 87.7 cm³/mol. The van der Waals surface area contributed by atoms with Gasteiger partial charge in [0, 0.05) is 11.6 Å². The number of carbonyl (C=O) groups excluding carboxylic acids is 1. The lowest BCUT2D eigenvalue weighted by Crippen LogP contribution is -2.37. The predicted octanol–water partition coefficient (Wildman–Crippen LogP) is 3.79. The van der Waals surface area contributed by atoms with E-state index in [-0.39, 0.29) is 5.91 Å². The molecule has 0 radical (unpaired) electrons. The normalized spacial score (nSPS) is 21.2. The first-order valence-electron chi connectivity index (χ1n) is 8.34. The van der Waals surface area contributed by atoms with Gasteiger partial charge in [0.15, 0.2) is 11.5 Å². The number of carbonyl (C=O) groups is 1. The molecule has 1 fully saturated rings. The van der Waals surface area contributed by atoms with Gasteiger partial charge in [0.25, 0.3) is 5.91 Å². The van der Waals surface area contributed by atoms with Gasteiger partial charge in [0.05, 0.1) is 13.2 Å². The number of hydrogen-bond acceptors (Lipinski definition) is 3. The molecule has 1 aromatic carbocycles. The standard InChI is InChI=1S/C18H27NO3/c1-4-21-16-11-8-14(12-17(16)22-5-2)18(20)19-15-9-6-13(3)7-10-15/h8,11-13,15H,4-7,9-10H2,1-3H3,(H,19,20). The van der Waals surface area contributed by atoms with Gasteiger partial charge in [-0.1, -0.05) is 6.92 Å². The van der Waals surface area contributed by atoms with Gasteiger partial charge in [0.1, 0.15) is 0 Å². The third kappa shape index (κ3) is 4.39. The van der Waals surface area contributed by atoms with E-state index >= 15 is 0 Å². The van der Waals surface area contributed by atoms with Crippen LogP contribution in [0.4, 0.5) is 0 Å². The van der Waals surface area contributed by atoms with Crippen molar-refractivity contribution in [1.82, 2.24) is 5.32 Å². The summed E-state index contributed by atoms with van der Waals surface area (Å²) >= 11 is 0. The van der Waals surface area contributed by atoms with Crippen LogP contribution < -0.4 is 14.8 Å². The fourth-order valence-corrected chi connectivity index (χ4v) is 2.87. The molecule has 22 heavy (non-hydrogen) atoms. The summed E-state index contributed by atoms with van der Waals surface area (Å²) in [5.41, 5.74) is 0.630. The van der Waals surface area contributed by atoms with E-state index < -0.39 is 0 Å². The van der Waals surface area contributed by atoms with Crippen molar-refractivity contribution in [2.75, 3.05) is 13.2 Å². The second-order valence-corrected chi connectivity index (χ2v) is 5.96. The van der Waals surface area contributed by atoms with E-state index in [1.165, 1.54) is 12.8 Å². The summed E-state index contributed by atoms with van der Waals surface area (Å²) in [6.45, 7) is 7.25. The van der Waals surface area contributed by atoms with Crippen molar-refractivity contribution in [3.8, 4) is 11.5 Å². The minimum atomic E-state index is -0.0245. The summed E-state index contributed by atoms with van der Waals surface area (Å²) in [4.78, 5) is 12.4. The van der Waals surface area contributed by atoms with Crippen molar-refractivity contribution in [2.24, 2.45) is 5.92 Å². The first-order valence-corrected chi connectivity index (χ1v) is 8.34. The highest BCUT2D eigenvalue weighted by atomic mass is 16.5. The Kier molecular flexibility index (Phi) is 6.10. The van der Waals surface area contributed by atoms with E-state index in [2.05, 4.69) is 12.2 Å². The molecule has 0 unspecified atom stereocenters. The van der Waals surface area contributed by atoms with Crippen molar-refractivity contribution in [3.63, 3.8) is 0 Å². The molecule has 0 aromatic heterocycles. The molecule has 0 heterocycles. The average Bonchev–Trinajstić information content (AvgIpc) is 2.51. The van der Waals surface area contributed by atoms with Crippen LogP contribution in [-0.2, 0) is 0 Å². The molecule has 122 valence electrons. The Bertz CT molecular complexity index is 493. The van der Waals surface area contributed by atoms with Gasteiger partial charge in [-0.25, -0.2) is 0 Å². The maximum atomic E-state index is 12.4. The lowest BCUT2D eigenvalue weighted by Gasteiger charge is -2.27. The highest BCUT2D eigenvalue weighted by molar-refractivity contribution is 5.95. The van der Waals surface area contributed by atoms with Gasteiger partial charge < -0.3 is 14.8 Å². The van der Waals surface area contributed by atoms with Gasteiger partial charge in [0.2, 0.25) is 0 Å². The molecule has 0 saturated heterocycles. The first kappa shape index (κ1) is 16.7. The topological polar surface area (TPSA) is 47.6 Å². The summed E-state index contributed by atoms with van der Waals surface area (Å²) < 4.78 is 11.1. The fourth-order valence-electron chi connectivity index (χ4n) is 2.87. The summed E-state index contributed by atoms with van der Waals surface area (Å²) in [5, 5.41) is 3.14. The van der Waals surface area contributed by atoms with E-state index in [9.17, 15) is 4.79 Å². The molecule has 1 saturated carbocycles. The van der Waals surface area contributed by atoms with E-state index in [0.29, 0.717) is 36.3 Å². The Morgan fingerprint density at radius 2 is 1.73 bits per heavy atom. The van der Waals surface area contributed by atoms with Crippen LogP contribution in [0.1, 0.15) is 56.8 Å². The molecule has 0 spiro atoms. The van der Waals surface area contributed by atoms with Gasteiger partial charge in [-0.3, -0.25) is 4.79 Å². The molecule has 1 N–H and O–H groups in total. The van der Waals surface area contributed by atoms with Crippen molar-refractivity contribution in [3.05, 3.63) is 23.8 Å². The number of ether oxygens (including phenoxy) is 2. The van der Waals surface area contributed by atoms with Gasteiger partial charge in [-0.15, -0.1) is 0 Å². The molecule has 1 aromatic rings.